The largest absolute Gasteiger partial charge is 0.493 e. The third-order valence-corrected chi connectivity index (χ3v) is 5.06. The zero-order valence-electron chi connectivity index (χ0n) is 14.4. The summed E-state index contributed by atoms with van der Waals surface area (Å²) in [5.74, 6) is 1.17. The number of halogens is 1. The van der Waals surface area contributed by atoms with E-state index in [4.69, 9.17) is 24.4 Å². The van der Waals surface area contributed by atoms with Gasteiger partial charge in [-0.15, -0.1) is 0 Å². The normalized spacial score (nSPS) is 15.9. The number of nitriles is 1. The maximum absolute atomic E-state index is 9.72. The molecular weight excluding hydrogens is 414 g/mol. The average molecular weight is 428 g/mol. The third-order valence-electron chi connectivity index (χ3n) is 4.47. The predicted octanol–water partition coefficient (Wildman–Crippen LogP) is 3.83. The smallest absolute Gasteiger partial charge is 0.205 e. The molecule has 8 heteroatoms. The van der Waals surface area contributed by atoms with E-state index in [0.717, 1.165) is 11.1 Å². The molecule has 4 rings (SSSR count). The highest BCUT2D eigenvalue weighted by molar-refractivity contribution is 9.10. The standard InChI is InChI=1S/C19H14BrN3O4/c1-24-14-6-9(5-12(20)18(14)25-2)15-10-3-4-13-16(23-8-26-13)17(10)27-19(22)11(15)7-21/h3-6,8,15H,22H2,1-2H3. The minimum Gasteiger partial charge on any atom is -0.493 e. The maximum atomic E-state index is 9.72. The van der Waals surface area contributed by atoms with Crippen molar-refractivity contribution in [3.63, 3.8) is 0 Å². The molecule has 2 aromatic carbocycles. The lowest BCUT2D eigenvalue weighted by Crippen LogP contribution is -2.21. The fourth-order valence-corrected chi connectivity index (χ4v) is 3.91. The zero-order chi connectivity index (χ0) is 19.1. The summed E-state index contributed by atoms with van der Waals surface area (Å²) in [7, 11) is 3.12. The number of oxazole rings is 1. The Kier molecular flexibility index (Phi) is 4.16. The number of allylic oxidation sites excluding steroid dienone is 1. The molecule has 0 spiro atoms. The van der Waals surface area contributed by atoms with Crippen molar-refractivity contribution in [2.45, 2.75) is 5.92 Å². The Labute approximate surface area is 163 Å². The SMILES string of the molecule is COc1cc(C2C(C#N)=C(N)Oc3c2ccc2ocnc32)cc(Br)c1OC. The third kappa shape index (κ3) is 2.59. The van der Waals surface area contributed by atoms with E-state index in [9.17, 15) is 5.26 Å². The van der Waals surface area contributed by atoms with Crippen LogP contribution in [0, 0.1) is 11.3 Å². The van der Waals surface area contributed by atoms with Crippen LogP contribution in [-0.2, 0) is 0 Å². The lowest BCUT2D eigenvalue weighted by Gasteiger charge is -2.27. The summed E-state index contributed by atoms with van der Waals surface area (Å²) in [6.45, 7) is 0. The number of rotatable bonds is 3. The molecule has 136 valence electrons. The van der Waals surface area contributed by atoms with E-state index >= 15 is 0 Å². The number of aromatic nitrogens is 1. The molecule has 27 heavy (non-hydrogen) atoms. The molecule has 0 radical (unpaired) electrons. The van der Waals surface area contributed by atoms with Gasteiger partial charge < -0.3 is 24.4 Å². The van der Waals surface area contributed by atoms with Gasteiger partial charge in [0.2, 0.25) is 5.88 Å². The van der Waals surface area contributed by atoms with Gasteiger partial charge in [0.05, 0.1) is 24.6 Å². The highest BCUT2D eigenvalue weighted by atomic mass is 79.9. The summed E-state index contributed by atoms with van der Waals surface area (Å²) in [4.78, 5) is 4.22. The number of hydrogen-bond acceptors (Lipinski definition) is 7. The molecule has 1 aromatic heterocycles. The second-order valence-electron chi connectivity index (χ2n) is 5.85. The van der Waals surface area contributed by atoms with Gasteiger partial charge >= 0.3 is 0 Å². The van der Waals surface area contributed by atoms with Crippen molar-refractivity contribution >= 4 is 27.0 Å². The molecule has 7 nitrogen and oxygen atoms in total. The first-order valence-electron chi connectivity index (χ1n) is 7.94. The molecule has 0 fully saturated rings. The second kappa shape index (κ2) is 6.52. The lowest BCUT2D eigenvalue weighted by molar-refractivity contribution is 0.352. The summed E-state index contributed by atoms with van der Waals surface area (Å²) in [5, 5.41) is 9.72. The van der Waals surface area contributed by atoms with Gasteiger partial charge in [0.25, 0.3) is 0 Å². The zero-order valence-corrected chi connectivity index (χ0v) is 16.0. The quantitative estimate of drug-likeness (QED) is 0.676. The van der Waals surface area contributed by atoms with Gasteiger partial charge in [0.1, 0.15) is 11.6 Å². The van der Waals surface area contributed by atoms with Crippen LogP contribution in [0.2, 0.25) is 0 Å². The summed E-state index contributed by atoms with van der Waals surface area (Å²) >= 11 is 3.50. The Morgan fingerprint density at radius 2 is 2.07 bits per heavy atom. The van der Waals surface area contributed by atoms with Crippen molar-refractivity contribution in [3.8, 4) is 23.3 Å². The Morgan fingerprint density at radius 3 is 2.78 bits per heavy atom. The van der Waals surface area contributed by atoms with E-state index in [-0.39, 0.29) is 5.88 Å². The Bertz CT molecular complexity index is 1130. The fraction of sp³-hybridized carbons (Fsp3) is 0.158. The van der Waals surface area contributed by atoms with Crippen molar-refractivity contribution in [1.82, 2.24) is 4.98 Å². The van der Waals surface area contributed by atoms with Crippen LogP contribution in [0.3, 0.4) is 0 Å². The highest BCUT2D eigenvalue weighted by Crippen LogP contribution is 2.47. The van der Waals surface area contributed by atoms with Crippen molar-refractivity contribution in [2.75, 3.05) is 14.2 Å². The first-order valence-corrected chi connectivity index (χ1v) is 8.73. The molecule has 1 unspecified atom stereocenters. The molecule has 1 aliphatic heterocycles. The Hall–Kier alpha value is -3.18. The Balaban J connectivity index is 1.99. The van der Waals surface area contributed by atoms with Crippen LogP contribution in [0.25, 0.3) is 11.1 Å². The molecule has 2 heterocycles. The van der Waals surface area contributed by atoms with Gasteiger partial charge in [-0.2, -0.15) is 5.26 Å². The van der Waals surface area contributed by atoms with Crippen LogP contribution >= 0.6 is 15.9 Å². The van der Waals surface area contributed by atoms with Gasteiger partial charge in [-0.1, -0.05) is 6.07 Å². The number of methoxy groups -OCH3 is 2. The topological polar surface area (TPSA) is 104 Å². The van der Waals surface area contributed by atoms with E-state index in [1.54, 1.807) is 20.3 Å². The summed E-state index contributed by atoms with van der Waals surface area (Å²) in [5.41, 5.74) is 9.07. The number of benzene rings is 2. The van der Waals surface area contributed by atoms with Crippen LogP contribution in [0.1, 0.15) is 17.0 Å². The number of fused-ring (bicyclic) bond motifs is 3. The molecule has 2 N–H and O–H groups in total. The summed E-state index contributed by atoms with van der Waals surface area (Å²) < 4.78 is 22.6. The maximum Gasteiger partial charge on any atom is 0.205 e. The number of nitrogens with two attached hydrogens (primary N) is 1. The molecule has 3 aromatic rings. The highest BCUT2D eigenvalue weighted by Gasteiger charge is 2.33. The molecule has 0 amide bonds. The first kappa shape index (κ1) is 17.2. The van der Waals surface area contributed by atoms with E-state index in [1.165, 1.54) is 6.39 Å². The van der Waals surface area contributed by atoms with Crippen LogP contribution in [-0.4, -0.2) is 19.2 Å². The van der Waals surface area contributed by atoms with Gasteiger partial charge in [0, 0.05) is 5.56 Å². The average Bonchev–Trinajstić information content (AvgIpc) is 3.15. The van der Waals surface area contributed by atoms with Crippen LogP contribution in [0.5, 0.6) is 17.2 Å². The minimum atomic E-state index is -0.448. The summed E-state index contributed by atoms with van der Waals surface area (Å²) in [6.07, 6.45) is 1.34. The van der Waals surface area contributed by atoms with Crippen LogP contribution in [0.4, 0.5) is 0 Å². The predicted molar refractivity (Wildman–Crippen MR) is 101 cm³/mol. The molecule has 0 saturated carbocycles. The van der Waals surface area contributed by atoms with Crippen molar-refractivity contribution < 1.29 is 18.6 Å². The van der Waals surface area contributed by atoms with Gasteiger partial charge in [-0.25, -0.2) is 4.98 Å². The molecule has 1 atom stereocenters. The number of nitrogens with zero attached hydrogens (tertiary/aromatic N) is 2. The van der Waals surface area contributed by atoms with Crippen LogP contribution in [0.15, 0.2) is 51.0 Å². The fourth-order valence-electron chi connectivity index (χ4n) is 3.29. The Morgan fingerprint density at radius 1 is 1.26 bits per heavy atom. The van der Waals surface area contributed by atoms with Gasteiger partial charge in [-0.05, 0) is 39.7 Å². The molecular formula is C19H14BrN3O4. The van der Waals surface area contributed by atoms with Crippen LogP contribution < -0.4 is 19.9 Å². The molecule has 1 aliphatic rings. The van der Waals surface area contributed by atoms with E-state index in [0.29, 0.717) is 38.4 Å². The number of ether oxygens (including phenoxy) is 3. The lowest BCUT2D eigenvalue weighted by atomic mass is 9.83. The van der Waals surface area contributed by atoms with Gasteiger partial charge in [0.15, 0.2) is 34.7 Å². The minimum absolute atomic E-state index is 0.0383. The molecule has 0 aliphatic carbocycles. The summed E-state index contributed by atoms with van der Waals surface area (Å²) in [6, 6.07) is 9.51. The second-order valence-corrected chi connectivity index (χ2v) is 6.70. The van der Waals surface area contributed by atoms with Gasteiger partial charge in [-0.3, -0.25) is 0 Å². The van der Waals surface area contributed by atoms with Crippen molar-refractivity contribution in [1.29, 1.82) is 5.26 Å². The van der Waals surface area contributed by atoms with Crippen molar-refractivity contribution in [3.05, 3.63) is 57.7 Å². The number of hydrogen-bond donors (Lipinski definition) is 1. The van der Waals surface area contributed by atoms with E-state index < -0.39 is 5.92 Å². The van der Waals surface area contributed by atoms with Crippen molar-refractivity contribution in [2.24, 2.45) is 5.73 Å². The monoisotopic (exact) mass is 427 g/mol. The first-order chi connectivity index (χ1) is 13.1. The molecule has 0 bridgehead atoms. The van der Waals surface area contributed by atoms with E-state index in [2.05, 4.69) is 27.0 Å². The van der Waals surface area contributed by atoms with E-state index in [1.807, 2.05) is 18.2 Å². The molecule has 0 saturated heterocycles.